The van der Waals surface area contributed by atoms with E-state index in [9.17, 15) is 9.59 Å². The first-order valence-corrected chi connectivity index (χ1v) is 7.53. The highest BCUT2D eigenvalue weighted by molar-refractivity contribution is 5.83. The van der Waals surface area contributed by atoms with E-state index in [2.05, 4.69) is 5.32 Å². The van der Waals surface area contributed by atoms with E-state index >= 15 is 0 Å². The van der Waals surface area contributed by atoms with Crippen LogP contribution in [0, 0.1) is 0 Å². The smallest absolute Gasteiger partial charge is 0.225 e. The Kier molecular flexibility index (Phi) is 4.74. The van der Waals surface area contributed by atoms with Gasteiger partial charge < -0.3 is 15.0 Å². The van der Waals surface area contributed by atoms with Crippen molar-refractivity contribution in [2.75, 3.05) is 13.7 Å². The Labute approximate surface area is 131 Å². The maximum absolute atomic E-state index is 12.2. The zero-order chi connectivity index (χ0) is 16.3. The first-order chi connectivity index (χ1) is 10.3. The molecule has 1 N–H and O–H groups in total. The summed E-state index contributed by atoms with van der Waals surface area (Å²) in [5.74, 6) is 0.713. The van der Waals surface area contributed by atoms with Crippen molar-refractivity contribution < 1.29 is 14.3 Å². The van der Waals surface area contributed by atoms with E-state index in [1.165, 1.54) is 0 Å². The van der Waals surface area contributed by atoms with Gasteiger partial charge in [-0.3, -0.25) is 9.59 Å². The average molecular weight is 304 g/mol. The van der Waals surface area contributed by atoms with Crippen LogP contribution in [0.3, 0.4) is 0 Å². The number of carbonyl (C=O) groups is 2. The van der Waals surface area contributed by atoms with Gasteiger partial charge in [0.1, 0.15) is 5.75 Å². The number of nitrogens with one attached hydrogen (secondary N) is 1. The van der Waals surface area contributed by atoms with E-state index in [0.717, 1.165) is 5.56 Å². The Bertz CT molecular complexity index is 563. The third-order valence-corrected chi connectivity index (χ3v) is 3.84. The highest BCUT2D eigenvalue weighted by atomic mass is 16.5. The van der Waals surface area contributed by atoms with Crippen molar-refractivity contribution in [1.82, 2.24) is 10.2 Å². The van der Waals surface area contributed by atoms with Crippen LogP contribution < -0.4 is 10.1 Å². The van der Waals surface area contributed by atoms with Crippen molar-refractivity contribution in [1.29, 1.82) is 0 Å². The van der Waals surface area contributed by atoms with Gasteiger partial charge in [0, 0.05) is 24.1 Å². The Morgan fingerprint density at radius 3 is 2.64 bits per heavy atom. The Morgan fingerprint density at radius 1 is 1.36 bits per heavy atom. The molecule has 2 amide bonds. The topological polar surface area (TPSA) is 58.6 Å². The number of para-hydroxylation sites is 1. The second-order valence-electron chi connectivity index (χ2n) is 6.63. The number of benzene rings is 1. The van der Waals surface area contributed by atoms with Crippen molar-refractivity contribution in [3.63, 3.8) is 0 Å². The van der Waals surface area contributed by atoms with Crippen LogP contribution in [0.2, 0.25) is 0 Å². The number of hydrogen-bond donors (Lipinski definition) is 1. The SMILES string of the molecule is COc1ccccc1CC(=O)NC1CC(=O)N(C(C)(C)C)C1. The van der Waals surface area contributed by atoms with Crippen LogP contribution in [0.1, 0.15) is 32.8 Å². The standard InChI is InChI=1S/C17H24N2O3/c1-17(2,3)19-11-13(10-16(19)21)18-15(20)9-12-7-5-6-8-14(12)22-4/h5-8,13H,9-11H2,1-4H3,(H,18,20). The van der Waals surface area contributed by atoms with Crippen LogP contribution in [0.4, 0.5) is 0 Å². The fourth-order valence-electron chi connectivity index (χ4n) is 2.75. The molecule has 5 nitrogen and oxygen atoms in total. The Morgan fingerprint density at radius 2 is 2.05 bits per heavy atom. The van der Waals surface area contributed by atoms with Gasteiger partial charge in [0.25, 0.3) is 0 Å². The van der Waals surface area contributed by atoms with Crippen molar-refractivity contribution in [2.45, 2.75) is 45.2 Å². The van der Waals surface area contributed by atoms with Gasteiger partial charge in [-0.1, -0.05) is 18.2 Å². The third kappa shape index (κ3) is 3.78. The number of hydrogen-bond acceptors (Lipinski definition) is 3. The molecule has 22 heavy (non-hydrogen) atoms. The largest absolute Gasteiger partial charge is 0.496 e. The summed E-state index contributed by atoms with van der Waals surface area (Å²) in [4.78, 5) is 26.0. The highest BCUT2D eigenvalue weighted by Crippen LogP contribution is 2.22. The molecule has 0 aromatic heterocycles. The van der Waals surface area contributed by atoms with Crippen LogP contribution in [0.25, 0.3) is 0 Å². The second kappa shape index (κ2) is 6.38. The molecule has 1 saturated heterocycles. The van der Waals surface area contributed by atoms with E-state index in [0.29, 0.717) is 18.7 Å². The van der Waals surface area contributed by atoms with Crippen molar-refractivity contribution in [3.8, 4) is 5.75 Å². The quantitative estimate of drug-likeness (QED) is 0.922. The fourth-order valence-corrected chi connectivity index (χ4v) is 2.75. The zero-order valence-corrected chi connectivity index (χ0v) is 13.7. The number of likely N-dealkylation sites (tertiary alicyclic amines) is 1. The summed E-state index contributed by atoms with van der Waals surface area (Å²) in [5, 5.41) is 2.95. The lowest BCUT2D eigenvalue weighted by Gasteiger charge is -2.32. The van der Waals surface area contributed by atoms with E-state index in [1.54, 1.807) is 7.11 Å². The lowest BCUT2D eigenvalue weighted by Crippen LogP contribution is -2.44. The van der Waals surface area contributed by atoms with E-state index in [4.69, 9.17) is 4.74 Å². The van der Waals surface area contributed by atoms with Crippen molar-refractivity contribution >= 4 is 11.8 Å². The van der Waals surface area contributed by atoms with Gasteiger partial charge in [-0.25, -0.2) is 0 Å². The molecule has 0 aliphatic carbocycles. The predicted octanol–water partition coefficient (Wildman–Crippen LogP) is 1.75. The van der Waals surface area contributed by atoms with Crippen LogP contribution >= 0.6 is 0 Å². The maximum Gasteiger partial charge on any atom is 0.225 e. The number of carbonyl (C=O) groups excluding carboxylic acids is 2. The molecule has 0 saturated carbocycles. The highest BCUT2D eigenvalue weighted by Gasteiger charge is 2.36. The number of amides is 2. The minimum atomic E-state index is -0.209. The summed E-state index contributed by atoms with van der Waals surface area (Å²) in [6.45, 7) is 6.58. The third-order valence-electron chi connectivity index (χ3n) is 3.84. The molecule has 5 heteroatoms. The Balaban J connectivity index is 1.95. The van der Waals surface area contributed by atoms with Gasteiger partial charge in [-0.2, -0.15) is 0 Å². The molecule has 1 aromatic rings. The number of nitrogens with zero attached hydrogens (tertiary/aromatic N) is 1. The van der Waals surface area contributed by atoms with Gasteiger partial charge in [0.15, 0.2) is 0 Å². The first-order valence-electron chi connectivity index (χ1n) is 7.53. The van der Waals surface area contributed by atoms with Crippen molar-refractivity contribution in [2.24, 2.45) is 0 Å². The molecule has 0 radical (unpaired) electrons. The average Bonchev–Trinajstić information content (AvgIpc) is 2.80. The molecular weight excluding hydrogens is 280 g/mol. The lowest BCUT2D eigenvalue weighted by molar-refractivity contribution is -0.131. The number of ether oxygens (including phenoxy) is 1. The van der Waals surface area contributed by atoms with E-state index in [1.807, 2.05) is 49.9 Å². The molecule has 1 aliphatic heterocycles. The molecule has 1 heterocycles. The predicted molar refractivity (Wildman–Crippen MR) is 84.7 cm³/mol. The zero-order valence-electron chi connectivity index (χ0n) is 13.7. The van der Waals surface area contributed by atoms with Crippen LogP contribution in [-0.2, 0) is 16.0 Å². The number of rotatable bonds is 4. The molecule has 2 rings (SSSR count). The molecule has 1 unspecified atom stereocenters. The summed E-state index contributed by atoms with van der Waals surface area (Å²) in [7, 11) is 1.59. The monoisotopic (exact) mass is 304 g/mol. The van der Waals surface area contributed by atoms with Gasteiger partial charge in [0.05, 0.1) is 19.6 Å². The maximum atomic E-state index is 12.2. The van der Waals surface area contributed by atoms with E-state index < -0.39 is 0 Å². The summed E-state index contributed by atoms with van der Waals surface area (Å²) in [6.07, 6.45) is 0.624. The van der Waals surface area contributed by atoms with E-state index in [-0.39, 0.29) is 29.8 Å². The summed E-state index contributed by atoms with van der Waals surface area (Å²) < 4.78 is 5.25. The molecule has 1 atom stereocenters. The minimum absolute atomic E-state index is 0.0851. The summed E-state index contributed by atoms with van der Waals surface area (Å²) in [6, 6.07) is 7.35. The first kappa shape index (κ1) is 16.3. The molecule has 1 aromatic carbocycles. The Hall–Kier alpha value is -2.04. The molecule has 120 valence electrons. The normalized spacial score (nSPS) is 18.5. The van der Waals surface area contributed by atoms with Gasteiger partial charge >= 0.3 is 0 Å². The lowest BCUT2D eigenvalue weighted by atomic mass is 10.1. The minimum Gasteiger partial charge on any atom is -0.496 e. The van der Waals surface area contributed by atoms with Crippen LogP contribution in [0.15, 0.2) is 24.3 Å². The van der Waals surface area contributed by atoms with Crippen LogP contribution in [-0.4, -0.2) is 41.9 Å². The molecule has 0 bridgehead atoms. The summed E-state index contributed by atoms with van der Waals surface area (Å²) in [5.41, 5.74) is 0.638. The molecule has 1 aliphatic rings. The molecular formula is C17H24N2O3. The van der Waals surface area contributed by atoms with Gasteiger partial charge in [0.2, 0.25) is 11.8 Å². The van der Waals surface area contributed by atoms with Crippen molar-refractivity contribution in [3.05, 3.63) is 29.8 Å². The summed E-state index contributed by atoms with van der Waals surface area (Å²) >= 11 is 0. The van der Waals surface area contributed by atoms with Gasteiger partial charge in [-0.15, -0.1) is 0 Å². The number of methoxy groups -OCH3 is 1. The second-order valence-corrected chi connectivity index (χ2v) is 6.63. The van der Waals surface area contributed by atoms with Gasteiger partial charge in [-0.05, 0) is 26.8 Å². The fraction of sp³-hybridized carbons (Fsp3) is 0.529. The van der Waals surface area contributed by atoms with Crippen LogP contribution in [0.5, 0.6) is 5.75 Å². The molecule has 0 spiro atoms. The molecule has 1 fully saturated rings.